The molecular weight excluding hydrogens is 246 g/mol. The van der Waals surface area contributed by atoms with Crippen LogP contribution in [-0.2, 0) is 11.2 Å². The summed E-state index contributed by atoms with van der Waals surface area (Å²) in [7, 11) is 0. The fraction of sp³-hybridized carbons (Fsp3) is 0.571. The van der Waals surface area contributed by atoms with Crippen LogP contribution in [0.3, 0.4) is 0 Å². The topological polar surface area (TPSA) is 70.8 Å². The van der Waals surface area contributed by atoms with E-state index in [2.05, 4.69) is 0 Å². The minimum absolute atomic E-state index is 0.236. The zero-order valence-electron chi connectivity index (χ0n) is 11.3. The number of aliphatic carboxylic acids is 1. The smallest absolute Gasteiger partial charge is 0.329 e. The average Bonchev–Trinajstić information content (AvgIpc) is 2.96. The Hall–Kier alpha value is -1.78. The molecule has 1 unspecified atom stereocenters. The molecule has 1 aliphatic heterocycles. The molecule has 104 valence electrons. The molecule has 0 aromatic carbocycles. The second-order valence-electron chi connectivity index (χ2n) is 5.15. The van der Waals surface area contributed by atoms with E-state index in [0.29, 0.717) is 30.7 Å². The Morgan fingerprint density at radius 3 is 2.89 bits per heavy atom. The Morgan fingerprint density at radius 1 is 1.53 bits per heavy atom. The number of rotatable bonds is 4. The normalized spacial score (nSPS) is 22.7. The van der Waals surface area contributed by atoms with Crippen molar-refractivity contribution >= 4 is 11.9 Å². The van der Waals surface area contributed by atoms with Gasteiger partial charge in [0.2, 0.25) is 0 Å². The van der Waals surface area contributed by atoms with Crippen molar-refractivity contribution in [2.75, 3.05) is 6.54 Å². The van der Waals surface area contributed by atoms with Gasteiger partial charge in [-0.25, -0.2) is 4.79 Å². The van der Waals surface area contributed by atoms with Crippen molar-refractivity contribution < 1.29 is 19.1 Å². The Balaban J connectivity index is 2.28. The van der Waals surface area contributed by atoms with Crippen molar-refractivity contribution in [1.29, 1.82) is 0 Å². The number of likely N-dealkylation sites (tertiary alicyclic amines) is 1. The highest BCUT2D eigenvalue weighted by atomic mass is 16.4. The molecule has 1 fully saturated rings. The summed E-state index contributed by atoms with van der Waals surface area (Å²) >= 11 is 0. The first kappa shape index (κ1) is 13.6. The zero-order valence-corrected chi connectivity index (χ0v) is 11.3. The number of hydrogen-bond acceptors (Lipinski definition) is 3. The van der Waals surface area contributed by atoms with Crippen molar-refractivity contribution in [2.24, 2.45) is 0 Å². The standard InChI is InChI=1S/C14H19NO4/c1-3-5-11-10(6-9-19-11)12(16)15-8-4-7-14(15,2)13(17)18/h6,9H,3-5,7-8H2,1-2H3,(H,17,18). The minimum atomic E-state index is -1.10. The summed E-state index contributed by atoms with van der Waals surface area (Å²) in [5.74, 6) is -0.536. The fourth-order valence-electron chi connectivity index (χ4n) is 2.61. The lowest BCUT2D eigenvalue weighted by molar-refractivity contribution is -0.147. The van der Waals surface area contributed by atoms with E-state index in [0.717, 1.165) is 12.8 Å². The van der Waals surface area contributed by atoms with E-state index >= 15 is 0 Å². The maximum Gasteiger partial charge on any atom is 0.329 e. The zero-order chi connectivity index (χ0) is 14.0. The number of furan rings is 1. The summed E-state index contributed by atoms with van der Waals surface area (Å²) in [6.07, 6.45) is 4.27. The van der Waals surface area contributed by atoms with Crippen LogP contribution < -0.4 is 0 Å². The average molecular weight is 265 g/mol. The molecule has 1 aromatic rings. The summed E-state index contributed by atoms with van der Waals surface area (Å²) in [4.78, 5) is 25.4. The lowest BCUT2D eigenvalue weighted by atomic mass is 9.98. The molecule has 1 saturated heterocycles. The highest BCUT2D eigenvalue weighted by Gasteiger charge is 2.46. The Labute approximate surface area is 112 Å². The summed E-state index contributed by atoms with van der Waals surface area (Å²) in [6, 6.07) is 1.63. The third kappa shape index (κ3) is 2.25. The predicted octanol–water partition coefficient (Wildman–Crippen LogP) is 2.31. The summed E-state index contributed by atoms with van der Waals surface area (Å²) in [5.41, 5.74) is -0.603. The first-order valence-electron chi connectivity index (χ1n) is 6.62. The summed E-state index contributed by atoms with van der Waals surface area (Å²) < 4.78 is 5.32. The third-order valence-electron chi connectivity index (χ3n) is 3.80. The van der Waals surface area contributed by atoms with Crippen LogP contribution in [0.25, 0.3) is 0 Å². The number of amides is 1. The molecule has 0 spiro atoms. The molecule has 5 heteroatoms. The van der Waals surface area contributed by atoms with E-state index < -0.39 is 11.5 Å². The molecule has 0 bridgehead atoms. The van der Waals surface area contributed by atoms with Crippen LogP contribution in [0.2, 0.25) is 0 Å². The van der Waals surface area contributed by atoms with Gasteiger partial charge in [0, 0.05) is 13.0 Å². The molecule has 1 atom stereocenters. The summed E-state index contributed by atoms with van der Waals surface area (Å²) in [5, 5.41) is 9.34. The predicted molar refractivity (Wildman–Crippen MR) is 69.0 cm³/mol. The highest BCUT2D eigenvalue weighted by molar-refractivity contribution is 5.98. The SMILES string of the molecule is CCCc1occc1C(=O)N1CCCC1(C)C(=O)O. The first-order valence-corrected chi connectivity index (χ1v) is 6.62. The molecule has 1 aliphatic rings. The van der Waals surface area contributed by atoms with Crippen LogP contribution in [0.15, 0.2) is 16.7 Å². The van der Waals surface area contributed by atoms with Gasteiger partial charge in [0.25, 0.3) is 5.91 Å². The van der Waals surface area contributed by atoms with Gasteiger partial charge in [-0.2, -0.15) is 0 Å². The number of carboxylic acids is 1. The molecule has 0 aliphatic carbocycles. The number of nitrogens with zero attached hydrogens (tertiary/aromatic N) is 1. The van der Waals surface area contributed by atoms with Gasteiger partial charge in [0.15, 0.2) is 0 Å². The third-order valence-corrected chi connectivity index (χ3v) is 3.80. The Kier molecular flexibility index (Phi) is 3.64. The molecular formula is C14H19NO4. The number of carboxylic acid groups (broad SMARTS) is 1. The quantitative estimate of drug-likeness (QED) is 0.906. The van der Waals surface area contributed by atoms with Gasteiger partial charge in [-0.3, -0.25) is 4.79 Å². The molecule has 1 amide bonds. The largest absolute Gasteiger partial charge is 0.480 e. The van der Waals surface area contributed by atoms with Gasteiger partial charge in [-0.1, -0.05) is 6.92 Å². The van der Waals surface area contributed by atoms with Crippen LogP contribution >= 0.6 is 0 Å². The summed E-state index contributed by atoms with van der Waals surface area (Å²) in [6.45, 7) is 4.10. The van der Waals surface area contributed by atoms with E-state index in [1.54, 1.807) is 13.0 Å². The molecule has 19 heavy (non-hydrogen) atoms. The van der Waals surface area contributed by atoms with Gasteiger partial charge in [0.1, 0.15) is 11.3 Å². The van der Waals surface area contributed by atoms with Gasteiger partial charge in [-0.05, 0) is 32.3 Å². The van der Waals surface area contributed by atoms with Crippen LogP contribution in [-0.4, -0.2) is 34.0 Å². The van der Waals surface area contributed by atoms with Gasteiger partial charge < -0.3 is 14.4 Å². The van der Waals surface area contributed by atoms with Gasteiger partial charge >= 0.3 is 5.97 Å². The van der Waals surface area contributed by atoms with Gasteiger partial charge in [-0.15, -0.1) is 0 Å². The molecule has 1 aromatic heterocycles. The lowest BCUT2D eigenvalue weighted by Gasteiger charge is -2.31. The molecule has 2 rings (SSSR count). The number of aryl methyl sites for hydroxylation is 1. The second kappa shape index (κ2) is 5.07. The maximum absolute atomic E-state index is 12.5. The van der Waals surface area contributed by atoms with E-state index in [-0.39, 0.29) is 5.91 Å². The number of carbonyl (C=O) groups is 2. The van der Waals surface area contributed by atoms with E-state index in [4.69, 9.17) is 4.42 Å². The van der Waals surface area contributed by atoms with Crippen molar-refractivity contribution in [1.82, 2.24) is 4.90 Å². The lowest BCUT2D eigenvalue weighted by Crippen LogP contribution is -2.50. The Morgan fingerprint density at radius 2 is 2.26 bits per heavy atom. The second-order valence-corrected chi connectivity index (χ2v) is 5.15. The monoisotopic (exact) mass is 265 g/mol. The van der Waals surface area contributed by atoms with Crippen LogP contribution in [0, 0.1) is 0 Å². The van der Waals surface area contributed by atoms with E-state index in [9.17, 15) is 14.7 Å². The maximum atomic E-state index is 12.5. The van der Waals surface area contributed by atoms with Crippen molar-refractivity contribution in [3.63, 3.8) is 0 Å². The first-order chi connectivity index (χ1) is 9.00. The number of carbonyl (C=O) groups excluding carboxylic acids is 1. The molecule has 1 N–H and O–H groups in total. The minimum Gasteiger partial charge on any atom is -0.480 e. The van der Waals surface area contributed by atoms with Crippen LogP contribution in [0.4, 0.5) is 0 Å². The van der Waals surface area contributed by atoms with Crippen LogP contribution in [0.5, 0.6) is 0 Å². The van der Waals surface area contributed by atoms with E-state index in [1.807, 2.05) is 6.92 Å². The van der Waals surface area contributed by atoms with Crippen molar-refractivity contribution in [3.05, 3.63) is 23.7 Å². The Bertz CT molecular complexity index is 493. The molecule has 5 nitrogen and oxygen atoms in total. The molecule has 0 radical (unpaired) electrons. The van der Waals surface area contributed by atoms with Crippen molar-refractivity contribution in [3.8, 4) is 0 Å². The fourth-order valence-corrected chi connectivity index (χ4v) is 2.61. The molecule has 0 saturated carbocycles. The molecule has 2 heterocycles. The van der Waals surface area contributed by atoms with Crippen molar-refractivity contribution in [2.45, 2.75) is 45.1 Å². The highest BCUT2D eigenvalue weighted by Crippen LogP contribution is 2.31. The van der Waals surface area contributed by atoms with Crippen LogP contribution in [0.1, 0.15) is 49.2 Å². The van der Waals surface area contributed by atoms with E-state index in [1.165, 1.54) is 11.2 Å². The number of hydrogen-bond donors (Lipinski definition) is 1. The van der Waals surface area contributed by atoms with Gasteiger partial charge in [0.05, 0.1) is 11.8 Å².